The van der Waals surface area contributed by atoms with Gasteiger partial charge in [-0.15, -0.1) is 0 Å². The number of allylic oxidation sites excluding steroid dienone is 6. The molecular weight excluding hydrogens is 699 g/mol. The van der Waals surface area contributed by atoms with Crippen LogP contribution in [0.3, 0.4) is 0 Å². The lowest BCUT2D eigenvalue weighted by Gasteiger charge is -2.20. The Hall–Kier alpha value is -2.11. The Balaban J connectivity index is 4.53. The standard InChI is InChI=1S/C41H73O11P/c1-4-6-7-8-12-18-23-28-37(43)29-24-19-14-11-16-21-26-31-41(46)52-39(35-51-53(47,48)50-33-38(44)32-42)34-49-40(45)30-25-20-15-10-9-13-17-22-27-36(3)5-2/h11-12,16,18-19,23-24,28,36-39,42-44H,4-10,13-15,17,20-22,25-27,29-35H2,1-3H3,(H,47,48)/b16-11+,18-12-,24-19-,28-23-/t36?,37-,38-,39+/m0/s1. The predicted octanol–water partition coefficient (Wildman–Crippen LogP) is 8.99. The van der Waals surface area contributed by atoms with Crippen molar-refractivity contribution in [2.45, 2.75) is 167 Å². The summed E-state index contributed by atoms with van der Waals surface area (Å²) < 4.78 is 32.5. The third kappa shape index (κ3) is 35.4. The number of carbonyl (C=O) groups excluding carboxylic acids is 2. The first-order valence-electron chi connectivity index (χ1n) is 20.1. The van der Waals surface area contributed by atoms with Gasteiger partial charge in [0, 0.05) is 12.8 Å². The summed E-state index contributed by atoms with van der Waals surface area (Å²) in [6, 6.07) is 0. The van der Waals surface area contributed by atoms with E-state index in [0.29, 0.717) is 32.1 Å². The van der Waals surface area contributed by atoms with E-state index in [1.165, 1.54) is 57.8 Å². The van der Waals surface area contributed by atoms with E-state index in [1.54, 1.807) is 6.08 Å². The lowest BCUT2D eigenvalue weighted by atomic mass is 9.99. The molecule has 0 aromatic heterocycles. The highest BCUT2D eigenvalue weighted by Gasteiger charge is 2.27. The SMILES string of the molecule is CCCCC/C=C\C=C/[C@H](O)C/C=C\C/C=C/CCCC(=O)O[C@H](COC(=O)CCCCCCCCCCC(C)CC)COP(=O)(O)OC[C@@H](O)CO. The van der Waals surface area contributed by atoms with Crippen molar-refractivity contribution in [3.05, 3.63) is 48.6 Å². The highest BCUT2D eigenvalue weighted by Crippen LogP contribution is 2.43. The van der Waals surface area contributed by atoms with Gasteiger partial charge in [-0.2, -0.15) is 0 Å². The summed E-state index contributed by atoms with van der Waals surface area (Å²) in [4.78, 5) is 34.9. The zero-order chi connectivity index (χ0) is 39.4. The number of phosphoric ester groups is 1. The summed E-state index contributed by atoms with van der Waals surface area (Å²) in [5.74, 6) is -0.232. The number of aliphatic hydroxyl groups excluding tert-OH is 3. The molecule has 0 fully saturated rings. The largest absolute Gasteiger partial charge is 0.472 e. The second-order valence-corrected chi connectivity index (χ2v) is 15.2. The lowest BCUT2D eigenvalue weighted by molar-refractivity contribution is -0.161. The molecule has 0 aromatic rings. The van der Waals surface area contributed by atoms with Crippen LogP contribution in [-0.4, -0.2) is 76.9 Å². The first-order valence-corrected chi connectivity index (χ1v) is 21.6. The molecule has 5 atom stereocenters. The van der Waals surface area contributed by atoms with Gasteiger partial charge in [-0.1, -0.05) is 140 Å². The Bertz CT molecular complexity index is 1060. The van der Waals surface area contributed by atoms with E-state index >= 15 is 0 Å². The van der Waals surface area contributed by atoms with E-state index in [2.05, 4.69) is 31.4 Å². The van der Waals surface area contributed by atoms with Crippen LogP contribution in [0.25, 0.3) is 0 Å². The molecule has 308 valence electrons. The summed E-state index contributed by atoms with van der Waals surface area (Å²) in [6.07, 6.45) is 31.2. The Morgan fingerprint density at radius 3 is 2.06 bits per heavy atom. The molecule has 0 bridgehead atoms. The zero-order valence-corrected chi connectivity index (χ0v) is 33.9. The Kier molecular flexibility index (Phi) is 34.2. The van der Waals surface area contributed by atoms with Gasteiger partial charge in [0.25, 0.3) is 0 Å². The summed E-state index contributed by atoms with van der Waals surface area (Å²) in [6.45, 7) is 4.48. The molecular formula is C41H73O11P. The minimum Gasteiger partial charge on any atom is -0.462 e. The Morgan fingerprint density at radius 1 is 0.717 bits per heavy atom. The number of hydrogen-bond donors (Lipinski definition) is 4. The molecule has 0 aliphatic rings. The molecule has 11 nitrogen and oxygen atoms in total. The third-order valence-electron chi connectivity index (χ3n) is 8.61. The van der Waals surface area contributed by atoms with Gasteiger partial charge in [-0.25, -0.2) is 4.57 Å². The summed E-state index contributed by atoms with van der Waals surface area (Å²) in [7, 11) is -4.64. The van der Waals surface area contributed by atoms with Crippen molar-refractivity contribution in [1.82, 2.24) is 0 Å². The van der Waals surface area contributed by atoms with Crippen LogP contribution in [0.2, 0.25) is 0 Å². The van der Waals surface area contributed by atoms with Gasteiger partial charge < -0.3 is 29.7 Å². The van der Waals surface area contributed by atoms with Crippen molar-refractivity contribution in [2.24, 2.45) is 5.92 Å². The van der Waals surface area contributed by atoms with Crippen LogP contribution >= 0.6 is 7.82 Å². The highest BCUT2D eigenvalue weighted by atomic mass is 31.2. The lowest BCUT2D eigenvalue weighted by Crippen LogP contribution is -2.29. The van der Waals surface area contributed by atoms with E-state index in [-0.39, 0.29) is 19.4 Å². The minimum absolute atomic E-state index is 0.0735. The summed E-state index contributed by atoms with van der Waals surface area (Å²) >= 11 is 0. The van der Waals surface area contributed by atoms with Crippen LogP contribution in [0.5, 0.6) is 0 Å². The highest BCUT2D eigenvalue weighted by molar-refractivity contribution is 7.47. The molecule has 0 heterocycles. The second-order valence-electron chi connectivity index (χ2n) is 13.8. The average molecular weight is 773 g/mol. The van der Waals surface area contributed by atoms with Gasteiger partial charge in [0.05, 0.1) is 25.9 Å². The minimum atomic E-state index is -4.64. The van der Waals surface area contributed by atoms with Crippen LogP contribution in [0.15, 0.2) is 48.6 Å². The first kappa shape index (κ1) is 50.9. The van der Waals surface area contributed by atoms with Gasteiger partial charge in [-0.3, -0.25) is 18.6 Å². The molecule has 0 aromatic carbocycles. The second kappa shape index (κ2) is 35.6. The normalized spacial score (nSPS) is 15.7. The van der Waals surface area contributed by atoms with E-state index in [4.69, 9.17) is 19.1 Å². The van der Waals surface area contributed by atoms with E-state index < -0.39 is 57.9 Å². The van der Waals surface area contributed by atoms with Gasteiger partial charge in [-0.05, 0) is 50.9 Å². The average Bonchev–Trinajstić information content (AvgIpc) is 3.14. The van der Waals surface area contributed by atoms with Crippen LogP contribution in [0.4, 0.5) is 0 Å². The van der Waals surface area contributed by atoms with Crippen molar-refractivity contribution >= 4 is 19.8 Å². The summed E-state index contributed by atoms with van der Waals surface area (Å²) in [5, 5.41) is 28.3. The Labute approximate surface area is 320 Å². The molecule has 4 N–H and O–H groups in total. The summed E-state index contributed by atoms with van der Waals surface area (Å²) in [5.41, 5.74) is 0. The maximum absolute atomic E-state index is 12.6. The molecule has 0 aliphatic carbocycles. The van der Waals surface area contributed by atoms with Crippen molar-refractivity contribution in [2.75, 3.05) is 26.4 Å². The fourth-order valence-electron chi connectivity index (χ4n) is 5.04. The van der Waals surface area contributed by atoms with Crippen LogP contribution in [0, 0.1) is 5.92 Å². The van der Waals surface area contributed by atoms with E-state index in [0.717, 1.165) is 31.6 Å². The zero-order valence-electron chi connectivity index (χ0n) is 33.0. The third-order valence-corrected chi connectivity index (χ3v) is 9.56. The molecule has 53 heavy (non-hydrogen) atoms. The van der Waals surface area contributed by atoms with Crippen molar-refractivity contribution < 1.29 is 52.9 Å². The quantitative estimate of drug-likeness (QED) is 0.0158. The predicted molar refractivity (Wildman–Crippen MR) is 211 cm³/mol. The Morgan fingerprint density at radius 2 is 1.36 bits per heavy atom. The van der Waals surface area contributed by atoms with Gasteiger partial charge in [0.2, 0.25) is 0 Å². The maximum atomic E-state index is 12.6. The molecule has 0 saturated heterocycles. The van der Waals surface area contributed by atoms with Gasteiger partial charge >= 0.3 is 19.8 Å². The van der Waals surface area contributed by atoms with E-state index in [9.17, 15) is 29.3 Å². The number of phosphoric acid groups is 1. The molecule has 0 amide bonds. The maximum Gasteiger partial charge on any atom is 0.472 e. The molecule has 0 radical (unpaired) electrons. The number of hydrogen-bond acceptors (Lipinski definition) is 10. The molecule has 0 aliphatic heterocycles. The molecule has 0 saturated carbocycles. The number of aliphatic hydroxyl groups is 3. The fraction of sp³-hybridized carbons (Fsp3) is 0.756. The number of unbranched alkanes of at least 4 members (excludes halogenated alkanes) is 11. The number of ether oxygens (including phenoxy) is 2. The molecule has 0 spiro atoms. The van der Waals surface area contributed by atoms with Crippen molar-refractivity contribution in [3.8, 4) is 0 Å². The number of rotatable bonds is 36. The topological polar surface area (TPSA) is 169 Å². The fourth-order valence-corrected chi connectivity index (χ4v) is 5.83. The number of carbonyl (C=O) groups is 2. The molecule has 0 rings (SSSR count). The molecule has 2 unspecified atom stereocenters. The van der Waals surface area contributed by atoms with Gasteiger partial charge in [0.1, 0.15) is 12.7 Å². The number of esters is 2. The smallest absolute Gasteiger partial charge is 0.462 e. The van der Waals surface area contributed by atoms with Crippen LogP contribution in [-0.2, 0) is 32.7 Å². The van der Waals surface area contributed by atoms with Crippen LogP contribution < -0.4 is 0 Å². The van der Waals surface area contributed by atoms with Crippen molar-refractivity contribution in [3.63, 3.8) is 0 Å². The van der Waals surface area contributed by atoms with Crippen LogP contribution in [0.1, 0.15) is 149 Å². The monoisotopic (exact) mass is 772 g/mol. The van der Waals surface area contributed by atoms with Gasteiger partial charge in [0.15, 0.2) is 6.10 Å². The first-order chi connectivity index (χ1) is 25.5. The molecule has 12 heteroatoms. The van der Waals surface area contributed by atoms with E-state index in [1.807, 2.05) is 36.5 Å². The van der Waals surface area contributed by atoms with Crippen molar-refractivity contribution in [1.29, 1.82) is 0 Å².